The number of likely N-dealkylation sites (tertiary alicyclic amines) is 1. The van der Waals surface area contributed by atoms with Crippen LogP contribution in [-0.4, -0.2) is 31.0 Å². The van der Waals surface area contributed by atoms with Gasteiger partial charge in [0.2, 0.25) is 0 Å². The Balaban J connectivity index is 2.07. The molecule has 1 heterocycles. The lowest BCUT2D eigenvalue weighted by Crippen LogP contribution is -2.32. The summed E-state index contributed by atoms with van der Waals surface area (Å²) in [6.07, 6.45) is 5.94. The Labute approximate surface area is 127 Å². The van der Waals surface area contributed by atoms with Gasteiger partial charge in [-0.1, -0.05) is 19.8 Å². The molecule has 116 valence electrons. The molecule has 1 unspecified atom stereocenters. The van der Waals surface area contributed by atoms with Crippen molar-refractivity contribution in [2.24, 2.45) is 5.92 Å². The first-order valence-electron chi connectivity index (χ1n) is 7.88. The third kappa shape index (κ3) is 4.13. The van der Waals surface area contributed by atoms with Crippen LogP contribution in [0.25, 0.3) is 0 Å². The molecule has 1 aliphatic rings. The van der Waals surface area contributed by atoms with Crippen LogP contribution in [0.2, 0.25) is 0 Å². The summed E-state index contributed by atoms with van der Waals surface area (Å²) in [6, 6.07) is 5.24. The number of nitrogens with two attached hydrogens (primary N) is 1. The van der Waals surface area contributed by atoms with Crippen LogP contribution < -0.4 is 10.5 Å². The number of nitrogen functional groups attached to an aromatic ring is 1. The smallest absolute Gasteiger partial charge is 0.254 e. The lowest BCUT2D eigenvalue weighted by atomic mass is 9.96. The second kappa shape index (κ2) is 7.34. The predicted molar refractivity (Wildman–Crippen MR) is 85.6 cm³/mol. The largest absolute Gasteiger partial charge is 0.497 e. The van der Waals surface area contributed by atoms with Crippen LogP contribution in [0.1, 0.15) is 49.4 Å². The Morgan fingerprint density at radius 1 is 1.33 bits per heavy atom. The second-order valence-corrected chi connectivity index (χ2v) is 5.87. The van der Waals surface area contributed by atoms with Gasteiger partial charge in [-0.25, -0.2) is 0 Å². The summed E-state index contributed by atoms with van der Waals surface area (Å²) < 4.78 is 5.20. The van der Waals surface area contributed by atoms with E-state index in [4.69, 9.17) is 10.5 Å². The molecule has 4 nitrogen and oxygen atoms in total. The van der Waals surface area contributed by atoms with Crippen LogP contribution in [0.3, 0.4) is 0 Å². The van der Waals surface area contributed by atoms with Gasteiger partial charge in [0.25, 0.3) is 5.91 Å². The standard InChI is InChI=1S/C17H26N2O2/c1-3-5-13-6-4-8-19(9-7-13)17(20)14-10-15(18)12-16(11-14)21-2/h10-13H,3-9,18H2,1-2H3. The number of ether oxygens (including phenoxy) is 1. The molecule has 0 radical (unpaired) electrons. The molecule has 21 heavy (non-hydrogen) atoms. The lowest BCUT2D eigenvalue weighted by molar-refractivity contribution is 0.0759. The van der Waals surface area contributed by atoms with Crippen molar-refractivity contribution >= 4 is 11.6 Å². The zero-order valence-corrected chi connectivity index (χ0v) is 13.1. The van der Waals surface area contributed by atoms with Crippen molar-refractivity contribution in [3.63, 3.8) is 0 Å². The van der Waals surface area contributed by atoms with Crippen molar-refractivity contribution in [1.82, 2.24) is 4.90 Å². The van der Waals surface area contributed by atoms with Crippen molar-refractivity contribution in [3.05, 3.63) is 23.8 Å². The van der Waals surface area contributed by atoms with Crippen molar-refractivity contribution < 1.29 is 9.53 Å². The van der Waals surface area contributed by atoms with Gasteiger partial charge >= 0.3 is 0 Å². The number of methoxy groups -OCH3 is 1. The first-order valence-corrected chi connectivity index (χ1v) is 7.88. The van der Waals surface area contributed by atoms with Crippen molar-refractivity contribution in [3.8, 4) is 5.75 Å². The molecule has 1 fully saturated rings. The van der Waals surface area contributed by atoms with Crippen LogP contribution >= 0.6 is 0 Å². The molecule has 1 aromatic carbocycles. The molecule has 1 saturated heterocycles. The fraction of sp³-hybridized carbons (Fsp3) is 0.588. The highest BCUT2D eigenvalue weighted by Gasteiger charge is 2.21. The summed E-state index contributed by atoms with van der Waals surface area (Å²) in [4.78, 5) is 14.6. The fourth-order valence-corrected chi connectivity index (χ4v) is 3.11. The van der Waals surface area contributed by atoms with Crippen LogP contribution in [-0.2, 0) is 0 Å². The Hall–Kier alpha value is -1.71. The highest BCUT2D eigenvalue weighted by atomic mass is 16.5. The van der Waals surface area contributed by atoms with Gasteiger partial charge < -0.3 is 15.4 Å². The van der Waals surface area contributed by atoms with E-state index in [1.807, 2.05) is 4.90 Å². The average molecular weight is 290 g/mol. The van der Waals surface area contributed by atoms with Gasteiger partial charge in [-0.3, -0.25) is 4.79 Å². The molecule has 0 bridgehead atoms. The van der Waals surface area contributed by atoms with E-state index >= 15 is 0 Å². The molecule has 1 aromatic rings. The molecule has 2 N–H and O–H groups in total. The predicted octanol–water partition coefficient (Wildman–Crippen LogP) is 3.32. The molecule has 1 atom stereocenters. The summed E-state index contributed by atoms with van der Waals surface area (Å²) in [7, 11) is 1.59. The van der Waals surface area contributed by atoms with Crippen molar-refractivity contribution in [2.45, 2.75) is 39.0 Å². The van der Waals surface area contributed by atoms with Gasteiger partial charge in [-0.15, -0.1) is 0 Å². The maximum Gasteiger partial charge on any atom is 0.254 e. The van der Waals surface area contributed by atoms with E-state index in [0.29, 0.717) is 17.0 Å². The Morgan fingerprint density at radius 2 is 2.14 bits per heavy atom. The highest BCUT2D eigenvalue weighted by molar-refractivity contribution is 5.95. The Bertz CT molecular complexity index is 488. The van der Waals surface area contributed by atoms with Gasteiger partial charge in [0.15, 0.2) is 0 Å². The molecule has 0 aliphatic carbocycles. The van der Waals surface area contributed by atoms with Crippen LogP contribution in [0.5, 0.6) is 5.75 Å². The zero-order chi connectivity index (χ0) is 15.2. The van der Waals surface area contributed by atoms with E-state index in [1.165, 1.54) is 19.3 Å². The van der Waals surface area contributed by atoms with E-state index in [-0.39, 0.29) is 5.91 Å². The van der Waals surface area contributed by atoms with Gasteiger partial charge in [0.05, 0.1) is 7.11 Å². The number of benzene rings is 1. The molecule has 1 amide bonds. The fourth-order valence-electron chi connectivity index (χ4n) is 3.11. The van der Waals surface area contributed by atoms with E-state index in [9.17, 15) is 4.79 Å². The first kappa shape index (κ1) is 15.7. The topological polar surface area (TPSA) is 55.6 Å². The van der Waals surface area contributed by atoms with Gasteiger partial charge in [-0.2, -0.15) is 0 Å². The molecule has 0 aromatic heterocycles. The lowest BCUT2D eigenvalue weighted by Gasteiger charge is -2.21. The first-order chi connectivity index (χ1) is 10.1. The summed E-state index contributed by atoms with van der Waals surface area (Å²) in [5.41, 5.74) is 7.04. The number of anilines is 1. The van der Waals surface area contributed by atoms with E-state index in [2.05, 4.69) is 6.92 Å². The number of rotatable bonds is 4. The number of carbonyl (C=O) groups excluding carboxylic acids is 1. The molecule has 0 saturated carbocycles. The van der Waals surface area contributed by atoms with Gasteiger partial charge in [-0.05, 0) is 37.3 Å². The average Bonchev–Trinajstić information content (AvgIpc) is 2.72. The van der Waals surface area contributed by atoms with Gasteiger partial charge in [0.1, 0.15) is 5.75 Å². The van der Waals surface area contributed by atoms with Crippen LogP contribution in [0.15, 0.2) is 18.2 Å². The number of hydrogen-bond donors (Lipinski definition) is 1. The minimum atomic E-state index is 0.0674. The third-order valence-electron chi connectivity index (χ3n) is 4.24. The monoisotopic (exact) mass is 290 g/mol. The summed E-state index contributed by atoms with van der Waals surface area (Å²) in [5.74, 6) is 1.47. The normalized spacial score (nSPS) is 19.1. The van der Waals surface area contributed by atoms with Crippen molar-refractivity contribution in [1.29, 1.82) is 0 Å². The molecule has 0 spiro atoms. The minimum absolute atomic E-state index is 0.0674. The molecule has 2 rings (SSSR count). The molecular formula is C17H26N2O2. The summed E-state index contributed by atoms with van der Waals surface area (Å²) in [5, 5.41) is 0. The summed E-state index contributed by atoms with van der Waals surface area (Å²) in [6.45, 7) is 3.92. The van der Waals surface area contributed by atoms with Gasteiger partial charge in [0, 0.05) is 30.4 Å². The quantitative estimate of drug-likeness (QED) is 0.865. The third-order valence-corrected chi connectivity index (χ3v) is 4.24. The van der Waals surface area contributed by atoms with E-state index < -0.39 is 0 Å². The molecule has 1 aliphatic heterocycles. The Kier molecular flexibility index (Phi) is 5.48. The number of hydrogen-bond acceptors (Lipinski definition) is 3. The maximum atomic E-state index is 12.7. The second-order valence-electron chi connectivity index (χ2n) is 5.87. The number of nitrogens with zero attached hydrogens (tertiary/aromatic N) is 1. The van der Waals surface area contributed by atoms with Crippen molar-refractivity contribution in [2.75, 3.05) is 25.9 Å². The number of carbonyl (C=O) groups is 1. The number of amides is 1. The van der Waals surface area contributed by atoms with E-state index in [1.54, 1.807) is 25.3 Å². The van der Waals surface area contributed by atoms with Crippen LogP contribution in [0.4, 0.5) is 5.69 Å². The van der Waals surface area contributed by atoms with E-state index in [0.717, 1.165) is 31.8 Å². The zero-order valence-electron chi connectivity index (χ0n) is 13.1. The maximum absolute atomic E-state index is 12.7. The SMILES string of the molecule is CCCC1CCCN(C(=O)c2cc(N)cc(OC)c2)CC1. The van der Waals surface area contributed by atoms with Crippen LogP contribution in [0, 0.1) is 5.92 Å². The Morgan fingerprint density at radius 3 is 2.86 bits per heavy atom. The highest BCUT2D eigenvalue weighted by Crippen LogP contribution is 2.24. The summed E-state index contributed by atoms with van der Waals surface area (Å²) >= 11 is 0. The minimum Gasteiger partial charge on any atom is -0.497 e. The molecular weight excluding hydrogens is 264 g/mol. The molecule has 4 heteroatoms.